The lowest BCUT2D eigenvalue weighted by Crippen LogP contribution is -2.36. The molecule has 1 aliphatic rings. The highest BCUT2D eigenvalue weighted by molar-refractivity contribution is 5.39. The summed E-state index contributed by atoms with van der Waals surface area (Å²) in [5.74, 6) is 0. The molecule has 1 heterocycles. The lowest BCUT2D eigenvalue weighted by molar-refractivity contribution is 0.439. The maximum absolute atomic E-state index is 3.60. The SMILES string of the molecule is CNC(c1cc(C)c(C)cc1C)C1CCCN1. The van der Waals surface area contributed by atoms with Gasteiger partial charge in [0.2, 0.25) is 0 Å². The van der Waals surface area contributed by atoms with Crippen LogP contribution in [0.15, 0.2) is 12.1 Å². The number of likely N-dealkylation sites (N-methyl/N-ethyl adjacent to an activating group) is 1. The van der Waals surface area contributed by atoms with E-state index < -0.39 is 0 Å². The Labute approximate surface area is 105 Å². The molecule has 2 rings (SSSR count). The fraction of sp³-hybridized carbons (Fsp3) is 0.600. The van der Waals surface area contributed by atoms with E-state index in [1.807, 2.05) is 0 Å². The van der Waals surface area contributed by atoms with Gasteiger partial charge in [-0.25, -0.2) is 0 Å². The van der Waals surface area contributed by atoms with E-state index in [9.17, 15) is 0 Å². The van der Waals surface area contributed by atoms with Crippen LogP contribution in [0.5, 0.6) is 0 Å². The zero-order chi connectivity index (χ0) is 12.4. The summed E-state index contributed by atoms with van der Waals surface area (Å²) in [6.45, 7) is 7.77. The fourth-order valence-electron chi connectivity index (χ4n) is 2.89. The van der Waals surface area contributed by atoms with Crippen molar-refractivity contribution >= 4 is 0 Å². The molecule has 0 amide bonds. The monoisotopic (exact) mass is 232 g/mol. The summed E-state index contributed by atoms with van der Waals surface area (Å²) < 4.78 is 0. The van der Waals surface area contributed by atoms with Crippen LogP contribution in [-0.4, -0.2) is 19.6 Å². The summed E-state index contributed by atoms with van der Waals surface area (Å²) >= 11 is 0. The minimum absolute atomic E-state index is 0.441. The number of hydrogen-bond donors (Lipinski definition) is 2. The number of nitrogens with one attached hydrogen (secondary N) is 2. The van der Waals surface area contributed by atoms with Crippen LogP contribution in [0.2, 0.25) is 0 Å². The van der Waals surface area contributed by atoms with Crippen LogP contribution in [-0.2, 0) is 0 Å². The van der Waals surface area contributed by atoms with Gasteiger partial charge in [0.1, 0.15) is 0 Å². The lowest BCUT2D eigenvalue weighted by Gasteiger charge is -2.26. The van der Waals surface area contributed by atoms with Gasteiger partial charge in [0.25, 0.3) is 0 Å². The van der Waals surface area contributed by atoms with Gasteiger partial charge in [-0.05, 0) is 69.5 Å². The Hall–Kier alpha value is -0.860. The van der Waals surface area contributed by atoms with Crippen LogP contribution in [0.1, 0.15) is 41.1 Å². The molecule has 0 aromatic heterocycles. The van der Waals surface area contributed by atoms with E-state index in [-0.39, 0.29) is 0 Å². The Morgan fingerprint density at radius 1 is 1.18 bits per heavy atom. The van der Waals surface area contributed by atoms with E-state index >= 15 is 0 Å². The molecule has 0 spiro atoms. The molecule has 0 aliphatic carbocycles. The molecule has 0 bridgehead atoms. The third-order valence-corrected chi connectivity index (χ3v) is 4.03. The van der Waals surface area contributed by atoms with Crippen LogP contribution in [0.25, 0.3) is 0 Å². The topological polar surface area (TPSA) is 24.1 Å². The van der Waals surface area contributed by atoms with E-state index in [0.717, 1.165) is 6.54 Å². The molecule has 0 radical (unpaired) electrons. The summed E-state index contributed by atoms with van der Waals surface area (Å²) in [7, 11) is 2.07. The van der Waals surface area contributed by atoms with Crippen molar-refractivity contribution in [2.24, 2.45) is 0 Å². The van der Waals surface area contributed by atoms with Gasteiger partial charge < -0.3 is 10.6 Å². The van der Waals surface area contributed by atoms with Gasteiger partial charge in [-0.3, -0.25) is 0 Å². The minimum atomic E-state index is 0.441. The molecular weight excluding hydrogens is 208 g/mol. The van der Waals surface area contributed by atoms with Crippen LogP contribution in [0.4, 0.5) is 0 Å². The highest BCUT2D eigenvalue weighted by atomic mass is 15.0. The fourth-order valence-corrected chi connectivity index (χ4v) is 2.89. The summed E-state index contributed by atoms with van der Waals surface area (Å²) in [5.41, 5.74) is 5.64. The molecule has 2 heteroatoms. The quantitative estimate of drug-likeness (QED) is 0.837. The molecule has 94 valence electrons. The van der Waals surface area contributed by atoms with E-state index in [4.69, 9.17) is 0 Å². The highest BCUT2D eigenvalue weighted by Gasteiger charge is 2.25. The van der Waals surface area contributed by atoms with Gasteiger partial charge in [-0.1, -0.05) is 12.1 Å². The molecular formula is C15H24N2. The predicted octanol–water partition coefficient (Wildman–Crippen LogP) is 2.62. The summed E-state index contributed by atoms with van der Waals surface area (Å²) in [6.07, 6.45) is 2.57. The zero-order valence-corrected chi connectivity index (χ0v) is 11.4. The van der Waals surface area contributed by atoms with Gasteiger partial charge in [0.05, 0.1) is 0 Å². The summed E-state index contributed by atoms with van der Waals surface area (Å²) in [5, 5.41) is 7.09. The summed E-state index contributed by atoms with van der Waals surface area (Å²) in [6, 6.07) is 5.69. The van der Waals surface area contributed by atoms with Crippen molar-refractivity contribution in [3.8, 4) is 0 Å². The standard InChI is InChI=1S/C15H24N2/c1-10-8-12(3)13(9-11(10)2)15(16-4)14-6-5-7-17-14/h8-9,14-17H,5-7H2,1-4H3. The lowest BCUT2D eigenvalue weighted by atomic mass is 9.91. The molecule has 1 aromatic rings. The molecule has 2 unspecified atom stereocenters. The zero-order valence-electron chi connectivity index (χ0n) is 11.4. The Morgan fingerprint density at radius 2 is 1.88 bits per heavy atom. The van der Waals surface area contributed by atoms with Gasteiger partial charge >= 0.3 is 0 Å². The van der Waals surface area contributed by atoms with Crippen molar-refractivity contribution in [3.05, 3.63) is 34.4 Å². The van der Waals surface area contributed by atoms with Gasteiger partial charge in [0, 0.05) is 12.1 Å². The first kappa shape index (κ1) is 12.6. The van der Waals surface area contributed by atoms with E-state index in [0.29, 0.717) is 12.1 Å². The normalized spacial score (nSPS) is 21.8. The molecule has 1 aromatic carbocycles. The van der Waals surface area contributed by atoms with Crippen LogP contribution in [0, 0.1) is 20.8 Å². The first-order valence-electron chi connectivity index (χ1n) is 6.62. The molecule has 2 atom stereocenters. The maximum atomic E-state index is 3.60. The van der Waals surface area contributed by atoms with Gasteiger partial charge in [-0.15, -0.1) is 0 Å². The van der Waals surface area contributed by atoms with Crippen LogP contribution in [0.3, 0.4) is 0 Å². The third-order valence-electron chi connectivity index (χ3n) is 4.03. The van der Waals surface area contributed by atoms with Crippen molar-refractivity contribution in [1.82, 2.24) is 10.6 Å². The number of rotatable bonds is 3. The Morgan fingerprint density at radius 3 is 2.47 bits per heavy atom. The molecule has 1 saturated heterocycles. The van der Waals surface area contributed by atoms with Gasteiger partial charge in [-0.2, -0.15) is 0 Å². The molecule has 2 nitrogen and oxygen atoms in total. The predicted molar refractivity (Wildman–Crippen MR) is 73.5 cm³/mol. The van der Waals surface area contributed by atoms with Crippen molar-refractivity contribution < 1.29 is 0 Å². The average molecular weight is 232 g/mol. The smallest absolute Gasteiger partial charge is 0.0476 e. The second kappa shape index (κ2) is 5.19. The number of hydrogen-bond acceptors (Lipinski definition) is 2. The van der Waals surface area contributed by atoms with E-state index in [1.165, 1.54) is 35.1 Å². The number of benzene rings is 1. The average Bonchev–Trinajstić information content (AvgIpc) is 2.80. The second-order valence-corrected chi connectivity index (χ2v) is 5.26. The van der Waals surface area contributed by atoms with E-state index in [2.05, 4.69) is 50.6 Å². The maximum Gasteiger partial charge on any atom is 0.0476 e. The summed E-state index contributed by atoms with van der Waals surface area (Å²) in [4.78, 5) is 0. The first-order valence-corrected chi connectivity index (χ1v) is 6.62. The van der Waals surface area contributed by atoms with E-state index in [1.54, 1.807) is 0 Å². The van der Waals surface area contributed by atoms with Crippen molar-refractivity contribution in [2.75, 3.05) is 13.6 Å². The third kappa shape index (κ3) is 2.53. The van der Waals surface area contributed by atoms with Crippen LogP contribution >= 0.6 is 0 Å². The molecule has 1 aliphatic heterocycles. The van der Waals surface area contributed by atoms with Crippen LogP contribution < -0.4 is 10.6 Å². The van der Waals surface area contributed by atoms with Crippen molar-refractivity contribution in [2.45, 2.75) is 45.7 Å². The molecule has 2 N–H and O–H groups in total. The Balaban J connectivity index is 2.32. The number of aryl methyl sites for hydroxylation is 3. The van der Waals surface area contributed by atoms with Crippen molar-refractivity contribution in [3.63, 3.8) is 0 Å². The highest BCUT2D eigenvalue weighted by Crippen LogP contribution is 2.27. The minimum Gasteiger partial charge on any atom is -0.312 e. The molecule has 1 fully saturated rings. The molecule has 0 saturated carbocycles. The second-order valence-electron chi connectivity index (χ2n) is 5.26. The first-order chi connectivity index (χ1) is 8.13. The molecule has 17 heavy (non-hydrogen) atoms. The largest absolute Gasteiger partial charge is 0.312 e. The van der Waals surface area contributed by atoms with Gasteiger partial charge in [0.15, 0.2) is 0 Å². The van der Waals surface area contributed by atoms with Crippen molar-refractivity contribution in [1.29, 1.82) is 0 Å². The Kier molecular flexibility index (Phi) is 3.85. The Bertz CT molecular complexity index is 392.